The highest BCUT2D eigenvalue weighted by molar-refractivity contribution is 6.30. The molecule has 1 aliphatic rings. The molecule has 0 aliphatic carbocycles. The molecule has 0 atom stereocenters. The molecule has 0 saturated carbocycles. The fraction of sp³-hybridized carbons (Fsp3) is 0.462. The van der Waals surface area contributed by atoms with Crippen LogP contribution in [0.15, 0.2) is 18.2 Å². The largest absolute Gasteiger partial charge is 0.484 e. The van der Waals surface area contributed by atoms with Gasteiger partial charge < -0.3 is 15.4 Å². The maximum absolute atomic E-state index is 13.2. The quantitative estimate of drug-likeness (QED) is 0.922. The van der Waals surface area contributed by atoms with Crippen LogP contribution in [0.2, 0.25) is 5.02 Å². The minimum Gasteiger partial charge on any atom is -0.484 e. The minimum absolute atomic E-state index is 0.0312. The van der Waals surface area contributed by atoms with Crippen molar-refractivity contribution >= 4 is 17.5 Å². The molecule has 4 nitrogen and oxygen atoms in total. The van der Waals surface area contributed by atoms with Gasteiger partial charge in [-0.15, -0.1) is 0 Å². The number of carbonyl (C=O) groups is 1. The number of halogens is 2. The topological polar surface area (TPSA) is 55.6 Å². The Hall–Kier alpha value is -1.33. The average Bonchev–Trinajstić information content (AvgIpc) is 2.40. The van der Waals surface area contributed by atoms with E-state index in [1.165, 1.54) is 18.2 Å². The van der Waals surface area contributed by atoms with Gasteiger partial charge in [0.15, 0.2) is 6.61 Å². The van der Waals surface area contributed by atoms with Gasteiger partial charge in [-0.05, 0) is 25.0 Å². The molecule has 104 valence electrons. The van der Waals surface area contributed by atoms with E-state index in [0.29, 0.717) is 18.8 Å². The van der Waals surface area contributed by atoms with Crippen LogP contribution in [0.3, 0.4) is 0 Å². The van der Waals surface area contributed by atoms with Gasteiger partial charge in [-0.1, -0.05) is 11.6 Å². The Kier molecular flexibility index (Phi) is 4.61. The predicted molar refractivity (Wildman–Crippen MR) is 70.7 cm³/mol. The van der Waals surface area contributed by atoms with Crippen LogP contribution in [0.5, 0.6) is 5.75 Å². The maximum Gasteiger partial charge on any atom is 0.260 e. The number of amides is 1. The van der Waals surface area contributed by atoms with E-state index >= 15 is 0 Å². The van der Waals surface area contributed by atoms with E-state index in [1.807, 2.05) is 0 Å². The minimum atomic E-state index is -0.560. The van der Waals surface area contributed by atoms with Crippen molar-refractivity contribution in [3.8, 4) is 5.75 Å². The molecule has 1 amide bonds. The summed E-state index contributed by atoms with van der Waals surface area (Å²) < 4.78 is 18.4. The molecule has 1 aromatic carbocycles. The Morgan fingerprint density at radius 3 is 2.79 bits per heavy atom. The number of benzene rings is 1. The lowest BCUT2D eigenvalue weighted by atomic mass is 10.1. The number of ether oxygens (including phenoxy) is 1. The zero-order valence-electron chi connectivity index (χ0n) is 10.4. The van der Waals surface area contributed by atoms with E-state index in [1.54, 1.807) is 4.90 Å². The zero-order chi connectivity index (χ0) is 13.8. The number of piperidine rings is 1. The summed E-state index contributed by atoms with van der Waals surface area (Å²) in [5, 5.41) is 0.0312. The molecule has 1 fully saturated rings. The first kappa shape index (κ1) is 14.1. The molecule has 19 heavy (non-hydrogen) atoms. The monoisotopic (exact) mass is 286 g/mol. The van der Waals surface area contributed by atoms with Gasteiger partial charge >= 0.3 is 0 Å². The summed E-state index contributed by atoms with van der Waals surface area (Å²) in [6.07, 6.45) is 1.61. The van der Waals surface area contributed by atoms with Gasteiger partial charge in [0.25, 0.3) is 5.91 Å². The first-order valence-electron chi connectivity index (χ1n) is 6.17. The third-order valence-electron chi connectivity index (χ3n) is 3.15. The average molecular weight is 287 g/mol. The van der Waals surface area contributed by atoms with Crippen LogP contribution in [0.4, 0.5) is 4.39 Å². The summed E-state index contributed by atoms with van der Waals surface area (Å²) >= 11 is 5.56. The van der Waals surface area contributed by atoms with Gasteiger partial charge in [0.1, 0.15) is 11.6 Å². The van der Waals surface area contributed by atoms with Gasteiger partial charge in [-0.2, -0.15) is 0 Å². The summed E-state index contributed by atoms with van der Waals surface area (Å²) in [7, 11) is 0. The van der Waals surface area contributed by atoms with Crippen molar-refractivity contribution in [1.29, 1.82) is 0 Å². The molecule has 0 radical (unpaired) electrons. The molecule has 2 N–H and O–H groups in total. The molecule has 1 heterocycles. The first-order chi connectivity index (χ1) is 9.06. The van der Waals surface area contributed by atoms with Gasteiger partial charge in [0.05, 0.1) is 5.02 Å². The Balaban J connectivity index is 1.84. The zero-order valence-corrected chi connectivity index (χ0v) is 11.2. The van der Waals surface area contributed by atoms with Crippen molar-refractivity contribution in [2.75, 3.05) is 19.7 Å². The third kappa shape index (κ3) is 3.81. The number of carbonyl (C=O) groups excluding carboxylic acids is 1. The summed E-state index contributed by atoms with van der Waals surface area (Å²) in [6, 6.07) is 4.28. The highest BCUT2D eigenvalue weighted by Crippen LogP contribution is 2.20. The smallest absolute Gasteiger partial charge is 0.260 e. The van der Waals surface area contributed by atoms with Crippen LogP contribution in [-0.2, 0) is 4.79 Å². The molecule has 2 rings (SSSR count). The lowest BCUT2D eigenvalue weighted by Crippen LogP contribution is -2.44. The molecule has 1 aromatic rings. The van der Waals surface area contributed by atoms with E-state index in [9.17, 15) is 9.18 Å². The Bertz CT molecular complexity index is 462. The Labute approximate surface area is 116 Å². The number of hydrogen-bond acceptors (Lipinski definition) is 3. The highest BCUT2D eigenvalue weighted by Gasteiger charge is 2.20. The van der Waals surface area contributed by atoms with Gasteiger partial charge in [0, 0.05) is 25.2 Å². The molecule has 0 bridgehead atoms. The van der Waals surface area contributed by atoms with Crippen LogP contribution in [-0.4, -0.2) is 36.5 Å². The molecular formula is C13H16ClFN2O2. The van der Waals surface area contributed by atoms with Crippen LogP contribution in [0.1, 0.15) is 12.8 Å². The van der Waals surface area contributed by atoms with Crippen LogP contribution >= 0.6 is 11.6 Å². The SMILES string of the molecule is NC1CCN(C(=O)COc2ccc(Cl)c(F)c2)CC1. The number of nitrogens with zero attached hydrogens (tertiary/aromatic N) is 1. The van der Waals surface area contributed by atoms with E-state index in [2.05, 4.69) is 0 Å². The standard InChI is InChI=1S/C13H16ClFN2O2/c14-11-2-1-10(7-12(11)15)19-8-13(18)17-5-3-9(16)4-6-17/h1-2,7,9H,3-6,8,16H2. The Morgan fingerprint density at radius 2 is 2.16 bits per heavy atom. The normalized spacial score (nSPS) is 16.5. The fourth-order valence-electron chi connectivity index (χ4n) is 1.95. The van der Waals surface area contributed by atoms with Crippen LogP contribution < -0.4 is 10.5 Å². The summed E-state index contributed by atoms with van der Waals surface area (Å²) in [6.45, 7) is 1.20. The van der Waals surface area contributed by atoms with Gasteiger partial charge in [-0.25, -0.2) is 4.39 Å². The summed E-state index contributed by atoms with van der Waals surface area (Å²) in [4.78, 5) is 13.6. The van der Waals surface area contributed by atoms with E-state index < -0.39 is 5.82 Å². The van der Waals surface area contributed by atoms with Crippen molar-refractivity contribution in [2.24, 2.45) is 5.73 Å². The molecule has 1 saturated heterocycles. The van der Waals surface area contributed by atoms with E-state index in [0.717, 1.165) is 12.8 Å². The number of hydrogen-bond donors (Lipinski definition) is 1. The van der Waals surface area contributed by atoms with Crippen molar-refractivity contribution in [1.82, 2.24) is 4.90 Å². The van der Waals surface area contributed by atoms with Crippen molar-refractivity contribution in [3.63, 3.8) is 0 Å². The van der Waals surface area contributed by atoms with Gasteiger partial charge in [-0.3, -0.25) is 4.79 Å². The lowest BCUT2D eigenvalue weighted by molar-refractivity contribution is -0.134. The lowest BCUT2D eigenvalue weighted by Gasteiger charge is -2.30. The summed E-state index contributed by atoms with van der Waals surface area (Å²) in [5.41, 5.74) is 5.77. The second-order valence-electron chi connectivity index (χ2n) is 4.58. The van der Waals surface area contributed by atoms with E-state index in [4.69, 9.17) is 22.1 Å². The number of likely N-dealkylation sites (tertiary alicyclic amines) is 1. The molecule has 0 spiro atoms. The highest BCUT2D eigenvalue weighted by atomic mass is 35.5. The summed E-state index contributed by atoms with van der Waals surface area (Å²) in [5.74, 6) is -0.373. The van der Waals surface area contributed by atoms with E-state index in [-0.39, 0.29) is 23.6 Å². The number of nitrogens with two attached hydrogens (primary N) is 1. The Morgan fingerprint density at radius 1 is 1.47 bits per heavy atom. The predicted octanol–water partition coefficient (Wildman–Crippen LogP) is 1.81. The second-order valence-corrected chi connectivity index (χ2v) is 4.99. The van der Waals surface area contributed by atoms with Crippen molar-refractivity contribution in [2.45, 2.75) is 18.9 Å². The molecule has 0 aromatic heterocycles. The van der Waals surface area contributed by atoms with Crippen LogP contribution in [0, 0.1) is 5.82 Å². The maximum atomic E-state index is 13.2. The van der Waals surface area contributed by atoms with Crippen molar-refractivity contribution in [3.05, 3.63) is 29.0 Å². The molecule has 6 heteroatoms. The second kappa shape index (κ2) is 6.21. The number of rotatable bonds is 3. The molecular weight excluding hydrogens is 271 g/mol. The molecule has 1 aliphatic heterocycles. The third-order valence-corrected chi connectivity index (χ3v) is 3.45. The van der Waals surface area contributed by atoms with Gasteiger partial charge in [0.2, 0.25) is 0 Å². The van der Waals surface area contributed by atoms with Crippen LogP contribution in [0.25, 0.3) is 0 Å². The first-order valence-corrected chi connectivity index (χ1v) is 6.55. The van der Waals surface area contributed by atoms with Crippen molar-refractivity contribution < 1.29 is 13.9 Å². The molecule has 0 unspecified atom stereocenters. The fourth-order valence-corrected chi connectivity index (χ4v) is 2.07.